The molecule has 0 radical (unpaired) electrons. The summed E-state index contributed by atoms with van der Waals surface area (Å²) in [5.41, 5.74) is 0.240. The van der Waals surface area contributed by atoms with Gasteiger partial charge >= 0.3 is 6.61 Å². The van der Waals surface area contributed by atoms with Crippen molar-refractivity contribution in [3.05, 3.63) is 47.9 Å². The van der Waals surface area contributed by atoms with Gasteiger partial charge in [0.25, 0.3) is 5.95 Å². The molecule has 0 aliphatic heterocycles. The van der Waals surface area contributed by atoms with Crippen molar-refractivity contribution in [3.63, 3.8) is 0 Å². The zero-order valence-electron chi connectivity index (χ0n) is 9.71. The molecule has 0 unspecified atom stereocenters. The molecule has 0 saturated heterocycles. The first-order valence-corrected chi connectivity index (χ1v) is 5.29. The number of halogens is 5. The first kappa shape index (κ1) is 14.0. The van der Waals surface area contributed by atoms with E-state index in [0.717, 1.165) is 0 Å². The van der Waals surface area contributed by atoms with Gasteiger partial charge in [-0.25, -0.2) is 8.78 Å². The van der Waals surface area contributed by atoms with E-state index in [1.165, 1.54) is 24.3 Å². The van der Waals surface area contributed by atoms with Crippen molar-refractivity contribution in [1.29, 1.82) is 0 Å². The van der Waals surface area contributed by atoms with Gasteiger partial charge in [-0.15, -0.1) is 0 Å². The molecular weight excluding hydrogens is 283 g/mol. The van der Waals surface area contributed by atoms with Crippen LogP contribution in [0.25, 0.3) is 0 Å². The lowest BCUT2D eigenvalue weighted by Gasteiger charge is -2.08. The summed E-state index contributed by atoms with van der Waals surface area (Å²) in [5.74, 6) is -4.56. The van der Waals surface area contributed by atoms with Crippen LogP contribution in [0.4, 0.5) is 33.5 Å². The van der Waals surface area contributed by atoms with Crippen molar-refractivity contribution in [2.24, 2.45) is 0 Å². The molecule has 1 heterocycles. The van der Waals surface area contributed by atoms with Gasteiger partial charge in [0.1, 0.15) is 5.75 Å². The molecule has 0 spiro atoms. The lowest BCUT2D eigenvalue weighted by molar-refractivity contribution is -0.0498. The number of anilines is 2. The summed E-state index contributed by atoms with van der Waals surface area (Å²) in [6.45, 7) is -2.96. The fraction of sp³-hybridized carbons (Fsp3) is 0.0833. The fourth-order valence-corrected chi connectivity index (χ4v) is 1.39. The predicted octanol–water partition coefficient (Wildman–Crippen LogP) is 3.84. The zero-order chi connectivity index (χ0) is 14.7. The molecule has 106 valence electrons. The van der Waals surface area contributed by atoms with Gasteiger partial charge in [-0.1, -0.05) is 0 Å². The minimum Gasteiger partial charge on any atom is -0.435 e. The van der Waals surface area contributed by atoms with Crippen LogP contribution in [0.2, 0.25) is 0 Å². The molecule has 0 aliphatic carbocycles. The van der Waals surface area contributed by atoms with Gasteiger partial charge in [-0.3, -0.25) is 0 Å². The largest absolute Gasteiger partial charge is 0.435 e. The van der Waals surface area contributed by atoms with Crippen LogP contribution in [0, 0.1) is 17.6 Å². The number of pyridine rings is 1. The van der Waals surface area contributed by atoms with Crippen LogP contribution in [-0.2, 0) is 0 Å². The Bertz CT molecular complexity index is 604. The van der Waals surface area contributed by atoms with E-state index in [1.807, 2.05) is 0 Å². The average molecular weight is 290 g/mol. The molecule has 1 N–H and O–H groups in total. The molecule has 0 fully saturated rings. The highest BCUT2D eigenvalue weighted by molar-refractivity contribution is 5.57. The maximum atomic E-state index is 13.3. The van der Waals surface area contributed by atoms with Crippen molar-refractivity contribution in [2.75, 3.05) is 5.32 Å². The molecule has 1 aromatic carbocycles. The van der Waals surface area contributed by atoms with Gasteiger partial charge in [0.15, 0.2) is 17.5 Å². The topological polar surface area (TPSA) is 34.1 Å². The minimum atomic E-state index is -2.96. The Morgan fingerprint density at radius 1 is 1.00 bits per heavy atom. The summed E-state index contributed by atoms with van der Waals surface area (Å²) >= 11 is 0. The lowest BCUT2D eigenvalue weighted by Crippen LogP contribution is -2.03. The second-order valence-corrected chi connectivity index (χ2v) is 3.62. The summed E-state index contributed by atoms with van der Waals surface area (Å²) in [7, 11) is 0. The molecule has 0 atom stereocenters. The van der Waals surface area contributed by atoms with E-state index in [2.05, 4.69) is 15.0 Å². The zero-order valence-corrected chi connectivity index (χ0v) is 9.71. The van der Waals surface area contributed by atoms with Crippen LogP contribution in [0.1, 0.15) is 0 Å². The highest BCUT2D eigenvalue weighted by Gasteiger charge is 2.12. The maximum Gasteiger partial charge on any atom is 0.387 e. The second-order valence-electron chi connectivity index (χ2n) is 3.62. The number of benzene rings is 1. The molecule has 1 aromatic heterocycles. The maximum absolute atomic E-state index is 13.3. The molecule has 0 bridgehead atoms. The highest BCUT2D eigenvalue weighted by atomic mass is 19.3. The van der Waals surface area contributed by atoms with Crippen molar-refractivity contribution < 1.29 is 26.7 Å². The third-order valence-corrected chi connectivity index (χ3v) is 2.23. The Labute approximate surface area is 110 Å². The first-order chi connectivity index (χ1) is 9.45. The van der Waals surface area contributed by atoms with E-state index in [1.54, 1.807) is 0 Å². The smallest absolute Gasteiger partial charge is 0.387 e. The van der Waals surface area contributed by atoms with E-state index in [0.29, 0.717) is 6.07 Å². The van der Waals surface area contributed by atoms with E-state index in [4.69, 9.17) is 0 Å². The molecule has 20 heavy (non-hydrogen) atoms. The van der Waals surface area contributed by atoms with Gasteiger partial charge in [0.2, 0.25) is 0 Å². The normalized spacial score (nSPS) is 10.7. The quantitative estimate of drug-likeness (QED) is 0.686. The lowest BCUT2D eigenvalue weighted by atomic mass is 10.3. The van der Waals surface area contributed by atoms with Crippen molar-refractivity contribution in [1.82, 2.24) is 4.98 Å². The van der Waals surface area contributed by atoms with E-state index < -0.39 is 30.0 Å². The number of hydrogen-bond acceptors (Lipinski definition) is 3. The number of nitrogens with zero attached hydrogens (tertiary/aromatic N) is 1. The van der Waals surface area contributed by atoms with Crippen LogP contribution in [0.15, 0.2) is 30.3 Å². The summed E-state index contributed by atoms with van der Waals surface area (Å²) < 4.78 is 66.8. The summed E-state index contributed by atoms with van der Waals surface area (Å²) in [5, 5.41) is 2.38. The molecular formula is C12H7F5N2O. The summed E-state index contributed by atoms with van der Waals surface area (Å²) in [6, 6.07) is 5.33. The van der Waals surface area contributed by atoms with Gasteiger partial charge < -0.3 is 10.1 Å². The molecule has 0 saturated carbocycles. The van der Waals surface area contributed by atoms with Crippen LogP contribution in [-0.4, -0.2) is 11.6 Å². The number of aromatic nitrogens is 1. The predicted molar refractivity (Wildman–Crippen MR) is 60.5 cm³/mol. The average Bonchev–Trinajstić information content (AvgIpc) is 2.37. The Hall–Kier alpha value is -2.38. The van der Waals surface area contributed by atoms with Gasteiger partial charge in [0, 0.05) is 11.8 Å². The molecule has 3 nitrogen and oxygen atoms in total. The Kier molecular flexibility index (Phi) is 4.02. The number of nitrogens with one attached hydrogen (secondary N) is 1. The van der Waals surface area contributed by atoms with E-state index >= 15 is 0 Å². The Morgan fingerprint density at radius 2 is 1.65 bits per heavy atom. The van der Waals surface area contributed by atoms with Crippen molar-refractivity contribution in [3.8, 4) is 5.75 Å². The van der Waals surface area contributed by atoms with Crippen molar-refractivity contribution in [2.45, 2.75) is 6.61 Å². The molecule has 0 amide bonds. The fourth-order valence-electron chi connectivity index (χ4n) is 1.39. The van der Waals surface area contributed by atoms with E-state index in [9.17, 15) is 22.0 Å². The number of ether oxygens (including phenoxy) is 1. The molecule has 0 aliphatic rings. The summed E-state index contributed by atoms with van der Waals surface area (Å²) in [4.78, 5) is 3.06. The van der Waals surface area contributed by atoms with Gasteiger partial charge in [-0.05, 0) is 24.3 Å². The first-order valence-electron chi connectivity index (χ1n) is 5.29. The van der Waals surface area contributed by atoms with Crippen molar-refractivity contribution >= 4 is 11.5 Å². The number of rotatable bonds is 4. The standard InChI is InChI=1S/C12H7F5N2O/c13-8-5-9(14)11(19-10(8)15)18-6-1-3-7(4-2-6)20-12(16)17/h1-5,12H,(H,18,19). The molecule has 2 aromatic rings. The second kappa shape index (κ2) is 5.72. The van der Waals surface area contributed by atoms with Crippen LogP contribution in [0.5, 0.6) is 5.75 Å². The van der Waals surface area contributed by atoms with Crippen LogP contribution >= 0.6 is 0 Å². The highest BCUT2D eigenvalue weighted by Crippen LogP contribution is 2.22. The molecule has 8 heteroatoms. The SMILES string of the molecule is Fc1cc(F)c(Nc2ccc(OC(F)F)cc2)nc1F. The minimum absolute atomic E-state index is 0.0933. The Balaban J connectivity index is 2.16. The third-order valence-electron chi connectivity index (χ3n) is 2.23. The summed E-state index contributed by atoms with van der Waals surface area (Å²) in [6.07, 6.45) is 0. The third kappa shape index (κ3) is 3.34. The molecule has 2 rings (SSSR count). The van der Waals surface area contributed by atoms with Crippen LogP contribution < -0.4 is 10.1 Å². The van der Waals surface area contributed by atoms with E-state index in [-0.39, 0.29) is 11.4 Å². The number of alkyl halides is 2. The monoisotopic (exact) mass is 290 g/mol. The van der Waals surface area contributed by atoms with Gasteiger partial charge in [-0.2, -0.15) is 18.2 Å². The Morgan fingerprint density at radius 3 is 2.25 bits per heavy atom. The van der Waals surface area contributed by atoms with Gasteiger partial charge in [0.05, 0.1) is 0 Å². The van der Waals surface area contributed by atoms with Crippen LogP contribution in [0.3, 0.4) is 0 Å². The number of hydrogen-bond donors (Lipinski definition) is 1.